The summed E-state index contributed by atoms with van der Waals surface area (Å²) in [7, 11) is 3.13. The highest BCUT2D eigenvalue weighted by Crippen LogP contribution is 2.06. The normalized spacial score (nSPS) is 11.0. The molecule has 26 heavy (non-hydrogen) atoms. The maximum Gasteiger partial charge on any atom is 0.332 e. The fraction of sp³-hybridized carbons (Fsp3) is 0.294. The van der Waals surface area contributed by atoms with Gasteiger partial charge in [0.25, 0.3) is 5.56 Å². The lowest BCUT2D eigenvalue weighted by atomic mass is 10.1. The van der Waals surface area contributed by atoms with Gasteiger partial charge in [0, 0.05) is 20.6 Å². The molecule has 2 heterocycles. The molecule has 0 saturated carbocycles. The molecule has 0 fully saturated rings. The third-order valence-corrected chi connectivity index (χ3v) is 4.18. The van der Waals surface area contributed by atoms with Crippen LogP contribution in [0.1, 0.15) is 5.56 Å². The van der Waals surface area contributed by atoms with Crippen LogP contribution >= 0.6 is 0 Å². The molecular formula is C17H18FN5O3. The summed E-state index contributed by atoms with van der Waals surface area (Å²) >= 11 is 0. The van der Waals surface area contributed by atoms with Gasteiger partial charge in [0.1, 0.15) is 12.4 Å². The minimum atomic E-state index is -0.620. The number of fused-ring (bicyclic) bond motifs is 1. The summed E-state index contributed by atoms with van der Waals surface area (Å²) in [6.07, 6.45) is 1.75. The van der Waals surface area contributed by atoms with Gasteiger partial charge in [-0.3, -0.25) is 14.2 Å². The molecule has 1 amide bonds. The van der Waals surface area contributed by atoms with Crippen molar-refractivity contribution in [3.8, 4) is 0 Å². The second kappa shape index (κ2) is 6.95. The number of nitrogens with one attached hydrogen (secondary N) is 1. The number of carbonyl (C=O) groups excluding carboxylic acids is 1. The van der Waals surface area contributed by atoms with E-state index in [2.05, 4.69) is 10.3 Å². The molecular weight excluding hydrogens is 341 g/mol. The first-order valence-corrected chi connectivity index (χ1v) is 8.01. The number of benzene rings is 1. The van der Waals surface area contributed by atoms with Crippen LogP contribution in [-0.4, -0.2) is 31.1 Å². The Labute approximate surface area is 147 Å². The van der Waals surface area contributed by atoms with Gasteiger partial charge in [0.05, 0.1) is 6.33 Å². The molecule has 0 unspecified atom stereocenters. The molecule has 3 rings (SSSR count). The van der Waals surface area contributed by atoms with E-state index in [1.54, 1.807) is 25.2 Å². The second-order valence-corrected chi connectivity index (χ2v) is 5.95. The monoisotopic (exact) mass is 359 g/mol. The maximum absolute atomic E-state index is 13.6. The number of carbonyl (C=O) groups is 1. The zero-order chi connectivity index (χ0) is 18.8. The first kappa shape index (κ1) is 17.6. The first-order chi connectivity index (χ1) is 12.4. The van der Waals surface area contributed by atoms with E-state index in [4.69, 9.17) is 0 Å². The van der Waals surface area contributed by atoms with Gasteiger partial charge in [0.2, 0.25) is 5.91 Å². The average Bonchev–Trinajstić information content (AvgIpc) is 3.00. The highest BCUT2D eigenvalue weighted by molar-refractivity contribution is 5.76. The van der Waals surface area contributed by atoms with Crippen molar-refractivity contribution in [2.75, 3.05) is 6.54 Å². The standard InChI is InChI=1S/C17H18FN5O3/c1-21-10-20-15-14(21)16(25)23(17(26)22(15)2)9-13(24)19-8-7-11-5-3-4-6-12(11)18/h3-6,10H,7-9H2,1-2H3,(H,19,24). The van der Waals surface area contributed by atoms with Gasteiger partial charge >= 0.3 is 5.69 Å². The molecule has 2 aromatic heterocycles. The molecule has 0 spiro atoms. The molecule has 0 atom stereocenters. The Morgan fingerprint density at radius 2 is 1.96 bits per heavy atom. The third kappa shape index (κ3) is 3.15. The van der Waals surface area contributed by atoms with Crippen LogP contribution in [0.4, 0.5) is 4.39 Å². The van der Waals surface area contributed by atoms with Crippen molar-refractivity contribution in [3.63, 3.8) is 0 Å². The molecule has 0 aliphatic heterocycles. The number of rotatable bonds is 5. The lowest BCUT2D eigenvalue weighted by Gasteiger charge is -2.09. The van der Waals surface area contributed by atoms with Gasteiger partial charge in [-0.15, -0.1) is 0 Å². The van der Waals surface area contributed by atoms with Crippen molar-refractivity contribution in [1.82, 2.24) is 24.0 Å². The first-order valence-electron chi connectivity index (χ1n) is 8.01. The lowest BCUT2D eigenvalue weighted by Crippen LogP contribution is -2.43. The molecule has 0 saturated heterocycles. The predicted octanol–water partition coefficient (Wildman–Crippen LogP) is -0.0683. The van der Waals surface area contributed by atoms with E-state index < -0.39 is 23.7 Å². The Bertz CT molecular complexity index is 1100. The Balaban J connectivity index is 1.76. The summed E-state index contributed by atoms with van der Waals surface area (Å²) in [6, 6.07) is 6.29. The van der Waals surface area contributed by atoms with Crippen molar-refractivity contribution in [2.24, 2.45) is 14.1 Å². The highest BCUT2D eigenvalue weighted by atomic mass is 19.1. The van der Waals surface area contributed by atoms with Crippen LogP contribution in [0.2, 0.25) is 0 Å². The van der Waals surface area contributed by atoms with Gasteiger partial charge in [0.15, 0.2) is 11.2 Å². The lowest BCUT2D eigenvalue weighted by molar-refractivity contribution is -0.121. The fourth-order valence-electron chi connectivity index (χ4n) is 2.77. The summed E-state index contributed by atoms with van der Waals surface area (Å²) in [5.74, 6) is -0.837. The van der Waals surface area contributed by atoms with Crippen LogP contribution in [-0.2, 0) is 31.9 Å². The Kier molecular flexibility index (Phi) is 4.70. The highest BCUT2D eigenvalue weighted by Gasteiger charge is 2.16. The molecule has 9 heteroatoms. The van der Waals surface area contributed by atoms with Crippen molar-refractivity contribution in [3.05, 3.63) is 62.8 Å². The van der Waals surface area contributed by atoms with Crippen molar-refractivity contribution >= 4 is 17.1 Å². The zero-order valence-electron chi connectivity index (χ0n) is 14.4. The van der Waals surface area contributed by atoms with Gasteiger partial charge in [-0.2, -0.15) is 0 Å². The van der Waals surface area contributed by atoms with Gasteiger partial charge in [-0.1, -0.05) is 18.2 Å². The number of nitrogens with zero attached hydrogens (tertiary/aromatic N) is 4. The molecule has 0 bridgehead atoms. The Morgan fingerprint density at radius 1 is 1.23 bits per heavy atom. The van der Waals surface area contributed by atoms with E-state index >= 15 is 0 Å². The maximum atomic E-state index is 13.6. The van der Waals surface area contributed by atoms with Crippen LogP contribution in [0.3, 0.4) is 0 Å². The quantitative estimate of drug-likeness (QED) is 0.691. The van der Waals surface area contributed by atoms with E-state index in [0.717, 1.165) is 4.57 Å². The van der Waals surface area contributed by atoms with Crippen molar-refractivity contribution in [2.45, 2.75) is 13.0 Å². The molecule has 0 aliphatic carbocycles. The van der Waals surface area contributed by atoms with E-state index in [1.807, 2.05) is 0 Å². The minimum absolute atomic E-state index is 0.197. The number of amides is 1. The predicted molar refractivity (Wildman–Crippen MR) is 93.3 cm³/mol. The molecule has 3 aromatic rings. The number of halogens is 1. The van der Waals surface area contributed by atoms with E-state index in [-0.39, 0.29) is 23.5 Å². The van der Waals surface area contributed by atoms with Crippen LogP contribution < -0.4 is 16.6 Å². The van der Waals surface area contributed by atoms with Crippen LogP contribution in [0, 0.1) is 5.82 Å². The van der Waals surface area contributed by atoms with E-state index in [1.165, 1.54) is 28.6 Å². The number of imidazole rings is 1. The average molecular weight is 359 g/mol. The van der Waals surface area contributed by atoms with Crippen molar-refractivity contribution in [1.29, 1.82) is 0 Å². The smallest absolute Gasteiger partial charge is 0.332 e. The number of hydrogen-bond donors (Lipinski definition) is 1. The minimum Gasteiger partial charge on any atom is -0.354 e. The zero-order valence-corrected chi connectivity index (χ0v) is 14.4. The van der Waals surface area contributed by atoms with Crippen molar-refractivity contribution < 1.29 is 9.18 Å². The fourth-order valence-corrected chi connectivity index (χ4v) is 2.77. The van der Waals surface area contributed by atoms with Crippen LogP contribution in [0.25, 0.3) is 11.2 Å². The molecule has 1 aromatic carbocycles. The van der Waals surface area contributed by atoms with Gasteiger partial charge < -0.3 is 9.88 Å². The SMILES string of the molecule is Cn1cnc2c1c(=O)n(CC(=O)NCCc1ccccc1F)c(=O)n2C. The Hall–Kier alpha value is -3.23. The summed E-state index contributed by atoms with van der Waals surface area (Å²) in [5, 5.41) is 2.60. The van der Waals surface area contributed by atoms with Gasteiger partial charge in [-0.05, 0) is 18.1 Å². The van der Waals surface area contributed by atoms with E-state index in [9.17, 15) is 18.8 Å². The van der Waals surface area contributed by atoms with Gasteiger partial charge in [-0.25, -0.2) is 18.7 Å². The summed E-state index contributed by atoms with van der Waals surface area (Å²) < 4.78 is 17.1. The van der Waals surface area contributed by atoms with Crippen LogP contribution in [0.15, 0.2) is 40.2 Å². The molecule has 136 valence electrons. The molecule has 1 N–H and O–H groups in total. The molecule has 0 aliphatic rings. The summed E-state index contributed by atoms with van der Waals surface area (Å²) in [6.45, 7) is -0.216. The van der Waals surface area contributed by atoms with Crippen LogP contribution in [0.5, 0.6) is 0 Å². The summed E-state index contributed by atoms with van der Waals surface area (Å²) in [5.41, 5.74) is -0.208. The number of aromatic nitrogens is 4. The summed E-state index contributed by atoms with van der Waals surface area (Å²) in [4.78, 5) is 41.0. The topological polar surface area (TPSA) is 90.9 Å². The third-order valence-electron chi connectivity index (χ3n) is 4.18. The number of aryl methyl sites for hydroxylation is 2. The largest absolute Gasteiger partial charge is 0.354 e. The molecule has 0 radical (unpaired) electrons. The van der Waals surface area contributed by atoms with E-state index in [0.29, 0.717) is 12.0 Å². The Morgan fingerprint density at radius 3 is 2.69 bits per heavy atom. The molecule has 8 nitrogen and oxygen atoms in total. The number of hydrogen-bond acceptors (Lipinski definition) is 4. The second-order valence-electron chi connectivity index (χ2n) is 5.95.